The first-order chi connectivity index (χ1) is 3.95. The summed E-state index contributed by atoms with van der Waals surface area (Å²) in [6.07, 6.45) is 0. The van der Waals surface area contributed by atoms with Crippen molar-refractivity contribution in [2.75, 3.05) is 0 Å². The Kier molecular flexibility index (Phi) is 2.85. The van der Waals surface area contributed by atoms with E-state index < -0.39 is 0 Å². The first-order valence-electron chi connectivity index (χ1n) is 2.64. The van der Waals surface area contributed by atoms with E-state index in [9.17, 15) is 0 Å². The molecule has 0 amide bonds. The first-order valence-corrected chi connectivity index (χ1v) is 3.08. The number of halogens is 1. The van der Waals surface area contributed by atoms with Crippen LogP contribution in [-0.4, -0.2) is 10.7 Å². The normalized spacial score (nSPS) is 13.6. The minimum absolute atomic E-state index is 0.246. The van der Waals surface area contributed by atoms with Gasteiger partial charge in [0.25, 0.3) is 5.95 Å². The van der Waals surface area contributed by atoms with Crippen LogP contribution in [0.2, 0.25) is 0 Å². The fourth-order valence-electron chi connectivity index (χ4n) is 0.336. The molecule has 0 spiro atoms. The topological polar surface area (TPSA) is 29.5 Å². The van der Waals surface area contributed by atoms with Crippen molar-refractivity contribution < 1.29 is 9.84 Å². The van der Waals surface area contributed by atoms with Crippen LogP contribution in [0.25, 0.3) is 0 Å². The standard InChI is InChI=1S/C6H11ClO2/c1-6(2,3)9-5(8)4-7/h4,8H,1-3H3/b5-4+. The van der Waals surface area contributed by atoms with Crippen LogP contribution in [0.5, 0.6) is 0 Å². The number of aliphatic hydroxyl groups excluding tert-OH is 1. The summed E-state index contributed by atoms with van der Waals surface area (Å²) in [7, 11) is 0. The molecule has 0 aliphatic rings. The van der Waals surface area contributed by atoms with Gasteiger partial charge in [0, 0.05) is 0 Å². The third-order valence-electron chi connectivity index (χ3n) is 0.504. The van der Waals surface area contributed by atoms with E-state index in [4.69, 9.17) is 21.4 Å². The second-order valence-corrected chi connectivity index (χ2v) is 2.88. The van der Waals surface area contributed by atoms with Gasteiger partial charge in [-0.2, -0.15) is 0 Å². The highest BCUT2D eigenvalue weighted by molar-refractivity contribution is 6.25. The highest BCUT2D eigenvalue weighted by Gasteiger charge is 2.11. The maximum Gasteiger partial charge on any atom is 0.288 e. The van der Waals surface area contributed by atoms with Crippen LogP contribution in [0.1, 0.15) is 20.8 Å². The molecule has 0 unspecified atom stereocenters. The highest BCUT2D eigenvalue weighted by atomic mass is 35.5. The van der Waals surface area contributed by atoms with E-state index in [1.165, 1.54) is 0 Å². The molecule has 0 atom stereocenters. The maximum absolute atomic E-state index is 8.70. The summed E-state index contributed by atoms with van der Waals surface area (Å²) in [5.41, 5.74) is 0.612. The molecule has 0 saturated heterocycles. The Morgan fingerprint density at radius 1 is 1.56 bits per heavy atom. The van der Waals surface area contributed by atoms with E-state index in [1.807, 2.05) is 20.8 Å². The molecule has 0 saturated carbocycles. The zero-order valence-electron chi connectivity index (χ0n) is 5.81. The summed E-state index contributed by atoms with van der Waals surface area (Å²) >= 11 is 5.12. The molecule has 0 aliphatic carbocycles. The monoisotopic (exact) mass is 150 g/mol. The molecule has 54 valence electrons. The van der Waals surface area contributed by atoms with E-state index in [1.54, 1.807) is 0 Å². The number of hydrogen-bond acceptors (Lipinski definition) is 2. The van der Waals surface area contributed by atoms with Gasteiger partial charge in [-0.25, -0.2) is 0 Å². The zero-order valence-corrected chi connectivity index (χ0v) is 6.57. The third-order valence-corrected chi connectivity index (χ3v) is 0.691. The van der Waals surface area contributed by atoms with Gasteiger partial charge in [0.1, 0.15) is 5.60 Å². The van der Waals surface area contributed by atoms with Crippen molar-refractivity contribution in [3.8, 4) is 0 Å². The fraction of sp³-hybridized carbons (Fsp3) is 0.667. The van der Waals surface area contributed by atoms with Crippen molar-refractivity contribution in [2.45, 2.75) is 26.4 Å². The van der Waals surface area contributed by atoms with Crippen molar-refractivity contribution in [3.63, 3.8) is 0 Å². The minimum Gasteiger partial charge on any atom is -0.480 e. The predicted molar refractivity (Wildman–Crippen MR) is 37.4 cm³/mol. The smallest absolute Gasteiger partial charge is 0.288 e. The van der Waals surface area contributed by atoms with Gasteiger partial charge >= 0.3 is 0 Å². The average molecular weight is 151 g/mol. The Labute approximate surface area is 60.1 Å². The van der Waals surface area contributed by atoms with Gasteiger partial charge in [-0.15, -0.1) is 0 Å². The lowest BCUT2D eigenvalue weighted by Crippen LogP contribution is -2.18. The third kappa shape index (κ3) is 5.50. The van der Waals surface area contributed by atoms with Crippen molar-refractivity contribution in [1.29, 1.82) is 0 Å². The Hall–Kier alpha value is -0.370. The number of aliphatic hydroxyl groups is 1. The van der Waals surface area contributed by atoms with Crippen LogP contribution in [-0.2, 0) is 4.74 Å². The molecule has 0 heterocycles. The van der Waals surface area contributed by atoms with E-state index in [-0.39, 0.29) is 11.5 Å². The van der Waals surface area contributed by atoms with Gasteiger partial charge in [0.15, 0.2) is 0 Å². The van der Waals surface area contributed by atoms with Crippen LogP contribution >= 0.6 is 11.6 Å². The molecule has 0 aromatic heterocycles. The van der Waals surface area contributed by atoms with E-state index in [0.29, 0.717) is 0 Å². The van der Waals surface area contributed by atoms with Gasteiger partial charge in [0.05, 0.1) is 5.54 Å². The lowest BCUT2D eigenvalue weighted by molar-refractivity contribution is -0.0137. The van der Waals surface area contributed by atoms with Crippen LogP contribution in [0.4, 0.5) is 0 Å². The molecule has 0 fully saturated rings. The molecule has 0 aromatic rings. The Morgan fingerprint density at radius 3 is 2.11 bits per heavy atom. The molecule has 9 heavy (non-hydrogen) atoms. The molecule has 3 heteroatoms. The predicted octanol–water partition coefficient (Wildman–Crippen LogP) is 2.40. The van der Waals surface area contributed by atoms with E-state index in [0.717, 1.165) is 5.54 Å². The number of ether oxygens (including phenoxy) is 1. The first kappa shape index (κ1) is 8.63. The molecule has 2 nitrogen and oxygen atoms in total. The van der Waals surface area contributed by atoms with Crippen LogP contribution in [0, 0.1) is 0 Å². The SMILES string of the molecule is CC(C)(C)O/C(O)=C/Cl. The second kappa shape index (κ2) is 2.97. The highest BCUT2D eigenvalue weighted by Crippen LogP contribution is 2.11. The van der Waals surface area contributed by atoms with Gasteiger partial charge in [-0.05, 0) is 20.8 Å². The van der Waals surface area contributed by atoms with Gasteiger partial charge in [0.2, 0.25) is 0 Å². The summed E-state index contributed by atoms with van der Waals surface area (Å²) in [6, 6.07) is 0. The van der Waals surface area contributed by atoms with Crippen molar-refractivity contribution in [3.05, 3.63) is 11.5 Å². The molecular weight excluding hydrogens is 140 g/mol. The number of rotatable bonds is 1. The number of hydrogen-bond donors (Lipinski definition) is 1. The Bertz CT molecular complexity index is 113. The summed E-state index contributed by atoms with van der Waals surface area (Å²) < 4.78 is 4.87. The molecule has 0 bridgehead atoms. The fourth-order valence-corrected chi connectivity index (χ4v) is 0.381. The van der Waals surface area contributed by atoms with Gasteiger partial charge < -0.3 is 9.84 Å². The van der Waals surface area contributed by atoms with Crippen LogP contribution in [0.15, 0.2) is 11.5 Å². The van der Waals surface area contributed by atoms with Crippen LogP contribution < -0.4 is 0 Å². The summed E-state index contributed by atoms with van der Waals surface area (Å²) in [5, 5.41) is 8.70. The molecule has 0 aromatic carbocycles. The summed E-state index contributed by atoms with van der Waals surface area (Å²) in [4.78, 5) is 0. The Morgan fingerprint density at radius 2 is 2.00 bits per heavy atom. The van der Waals surface area contributed by atoms with Crippen molar-refractivity contribution in [2.24, 2.45) is 0 Å². The van der Waals surface area contributed by atoms with E-state index in [2.05, 4.69) is 0 Å². The van der Waals surface area contributed by atoms with E-state index >= 15 is 0 Å². The molecular formula is C6H11ClO2. The quantitative estimate of drug-likeness (QED) is 0.582. The molecule has 0 radical (unpaired) electrons. The van der Waals surface area contributed by atoms with Crippen LogP contribution in [0.3, 0.4) is 0 Å². The van der Waals surface area contributed by atoms with Crippen molar-refractivity contribution in [1.82, 2.24) is 0 Å². The minimum atomic E-state index is -0.379. The van der Waals surface area contributed by atoms with Gasteiger partial charge in [-0.1, -0.05) is 11.6 Å². The summed E-state index contributed by atoms with van der Waals surface area (Å²) in [5.74, 6) is -0.246. The zero-order chi connectivity index (χ0) is 7.49. The average Bonchev–Trinajstić information content (AvgIpc) is 1.62. The second-order valence-electron chi connectivity index (χ2n) is 2.66. The molecule has 1 N–H and O–H groups in total. The Balaban J connectivity index is 3.75. The van der Waals surface area contributed by atoms with Crippen molar-refractivity contribution >= 4 is 11.6 Å². The molecule has 0 rings (SSSR count). The van der Waals surface area contributed by atoms with Gasteiger partial charge in [-0.3, -0.25) is 0 Å². The largest absolute Gasteiger partial charge is 0.480 e. The lowest BCUT2D eigenvalue weighted by Gasteiger charge is -2.19. The summed E-state index contributed by atoms with van der Waals surface area (Å²) in [6.45, 7) is 5.47. The maximum atomic E-state index is 8.70. The lowest BCUT2D eigenvalue weighted by atomic mass is 10.2. The molecule has 0 aliphatic heterocycles.